The molecule has 2 N–H and O–H groups in total. The van der Waals surface area contributed by atoms with Crippen molar-refractivity contribution < 1.29 is 23.5 Å². The molecule has 0 spiro atoms. The van der Waals surface area contributed by atoms with E-state index in [1.807, 2.05) is 0 Å². The lowest BCUT2D eigenvalue weighted by Gasteiger charge is -2.17. The van der Waals surface area contributed by atoms with Crippen LogP contribution in [-0.4, -0.2) is 17.0 Å². The number of nitrogens with one attached hydrogen (secondary N) is 1. The summed E-state index contributed by atoms with van der Waals surface area (Å²) in [6.07, 6.45) is 0.878. The molecule has 1 aliphatic rings. The summed E-state index contributed by atoms with van der Waals surface area (Å²) in [5.41, 5.74) is -0.874. The van der Waals surface area contributed by atoms with Crippen LogP contribution in [0.3, 0.4) is 0 Å². The van der Waals surface area contributed by atoms with E-state index in [1.165, 1.54) is 6.07 Å². The minimum Gasteiger partial charge on any atom is -0.474 e. The molecule has 90 valence electrons. The molecule has 4 nitrogen and oxygen atoms in total. The van der Waals surface area contributed by atoms with Gasteiger partial charge in [0.15, 0.2) is 0 Å². The van der Waals surface area contributed by atoms with Gasteiger partial charge in [0.25, 0.3) is 0 Å². The van der Waals surface area contributed by atoms with E-state index in [0.717, 1.165) is 6.07 Å². The first-order valence-corrected chi connectivity index (χ1v) is 4.95. The second-order valence-electron chi connectivity index (χ2n) is 3.97. The minimum atomic E-state index is -1.63. The van der Waals surface area contributed by atoms with Gasteiger partial charge >= 0.3 is 11.9 Å². The smallest absolute Gasteiger partial charge is 0.394 e. The van der Waals surface area contributed by atoms with E-state index in [2.05, 4.69) is 5.32 Å². The van der Waals surface area contributed by atoms with Gasteiger partial charge in [-0.25, -0.2) is 13.6 Å². The number of rotatable bonds is 2. The fourth-order valence-electron chi connectivity index (χ4n) is 1.74. The van der Waals surface area contributed by atoms with Crippen molar-refractivity contribution in [3.63, 3.8) is 0 Å². The monoisotopic (exact) mass is 241 g/mol. The average Bonchev–Trinajstić information content (AvgIpc) is 2.98. The molecule has 0 radical (unpaired) electrons. The van der Waals surface area contributed by atoms with Gasteiger partial charge in [-0.15, -0.1) is 0 Å². The van der Waals surface area contributed by atoms with E-state index in [-0.39, 0.29) is 5.56 Å². The van der Waals surface area contributed by atoms with Crippen molar-refractivity contribution in [2.24, 2.45) is 0 Å². The van der Waals surface area contributed by atoms with Gasteiger partial charge in [-0.3, -0.25) is 4.79 Å². The maximum absolute atomic E-state index is 13.5. The molecule has 1 saturated carbocycles. The summed E-state index contributed by atoms with van der Waals surface area (Å²) in [5, 5.41) is 10.7. The van der Waals surface area contributed by atoms with Crippen LogP contribution in [0.25, 0.3) is 0 Å². The Balaban J connectivity index is 2.27. The van der Waals surface area contributed by atoms with Gasteiger partial charge in [-0.05, 0) is 18.9 Å². The van der Waals surface area contributed by atoms with Crippen molar-refractivity contribution in [2.75, 3.05) is 0 Å². The Kier molecular flexibility index (Phi) is 2.57. The molecular weight excluding hydrogens is 232 g/mol. The SMILES string of the molecule is O=C(O)C(=O)NC1(c2ccc(F)cc2F)CC1. The second-order valence-corrected chi connectivity index (χ2v) is 3.97. The van der Waals surface area contributed by atoms with E-state index in [9.17, 15) is 18.4 Å². The lowest BCUT2D eigenvalue weighted by Crippen LogP contribution is -2.39. The summed E-state index contributed by atoms with van der Waals surface area (Å²) in [7, 11) is 0. The van der Waals surface area contributed by atoms with Gasteiger partial charge in [-0.1, -0.05) is 6.07 Å². The fraction of sp³-hybridized carbons (Fsp3) is 0.273. The molecule has 0 bridgehead atoms. The molecule has 1 aromatic rings. The van der Waals surface area contributed by atoms with Gasteiger partial charge in [0.1, 0.15) is 11.6 Å². The standard InChI is InChI=1S/C11H9F2NO3/c12-6-1-2-7(8(13)5-6)11(3-4-11)14-9(15)10(16)17/h1-2,5H,3-4H2,(H,14,15)(H,16,17). The second kappa shape index (κ2) is 3.80. The molecule has 1 aromatic carbocycles. The first kappa shape index (κ1) is 11.5. The van der Waals surface area contributed by atoms with Gasteiger partial charge in [0, 0.05) is 11.6 Å². The number of carbonyl (C=O) groups excluding carboxylic acids is 1. The third-order valence-electron chi connectivity index (χ3n) is 2.74. The molecule has 2 rings (SSSR count). The average molecular weight is 241 g/mol. The maximum atomic E-state index is 13.5. The number of amides is 1. The first-order chi connectivity index (χ1) is 7.94. The summed E-state index contributed by atoms with van der Waals surface area (Å²) in [4.78, 5) is 21.5. The number of carboxylic acids is 1. The Hall–Kier alpha value is -1.98. The number of aliphatic carboxylic acids is 1. The molecule has 17 heavy (non-hydrogen) atoms. The van der Waals surface area contributed by atoms with E-state index in [1.54, 1.807) is 0 Å². The third kappa shape index (κ3) is 2.11. The predicted molar refractivity (Wildman–Crippen MR) is 53.0 cm³/mol. The minimum absolute atomic E-state index is 0.119. The van der Waals surface area contributed by atoms with Crippen LogP contribution in [0.2, 0.25) is 0 Å². The largest absolute Gasteiger partial charge is 0.474 e. The van der Waals surface area contributed by atoms with E-state index in [4.69, 9.17) is 5.11 Å². The van der Waals surface area contributed by atoms with Gasteiger partial charge in [0.2, 0.25) is 0 Å². The number of carboxylic acid groups (broad SMARTS) is 1. The number of hydrogen-bond acceptors (Lipinski definition) is 2. The Morgan fingerprint density at radius 2 is 1.94 bits per heavy atom. The Bertz CT molecular complexity index is 497. The van der Waals surface area contributed by atoms with Crippen molar-refractivity contribution in [3.05, 3.63) is 35.4 Å². The Morgan fingerprint density at radius 1 is 1.29 bits per heavy atom. The van der Waals surface area contributed by atoms with Crippen LogP contribution in [0.4, 0.5) is 8.78 Å². The molecule has 6 heteroatoms. The van der Waals surface area contributed by atoms with Crippen LogP contribution in [0.15, 0.2) is 18.2 Å². The van der Waals surface area contributed by atoms with Gasteiger partial charge in [-0.2, -0.15) is 0 Å². The lowest BCUT2D eigenvalue weighted by atomic mass is 10.0. The van der Waals surface area contributed by atoms with Crippen LogP contribution < -0.4 is 5.32 Å². The van der Waals surface area contributed by atoms with Crippen molar-refractivity contribution >= 4 is 11.9 Å². The zero-order chi connectivity index (χ0) is 12.6. The summed E-state index contributed by atoms with van der Waals surface area (Å²) >= 11 is 0. The molecule has 1 amide bonds. The molecule has 0 saturated heterocycles. The molecule has 1 aliphatic carbocycles. The highest BCUT2D eigenvalue weighted by molar-refractivity contribution is 6.31. The Labute approximate surface area is 95.2 Å². The molecular formula is C11H9F2NO3. The zero-order valence-electron chi connectivity index (χ0n) is 8.67. The summed E-state index contributed by atoms with van der Waals surface area (Å²) in [6, 6.07) is 3.01. The molecule has 0 aliphatic heterocycles. The van der Waals surface area contributed by atoms with Crippen LogP contribution in [0, 0.1) is 11.6 Å². The highest BCUT2D eigenvalue weighted by atomic mass is 19.1. The first-order valence-electron chi connectivity index (χ1n) is 4.95. The summed E-state index contributed by atoms with van der Waals surface area (Å²) < 4.78 is 26.2. The van der Waals surface area contributed by atoms with Crippen LogP contribution in [0.1, 0.15) is 18.4 Å². The molecule has 1 fully saturated rings. The number of carbonyl (C=O) groups is 2. The van der Waals surface area contributed by atoms with Crippen LogP contribution in [-0.2, 0) is 15.1 Å². The van der Waals surface area contributed by atoms with Gasteiger partial charge in [0.05, 0.1) is 5.54 Å². The normalized spacial score (nSPS) is 16.4. The highest BCUT2D eigenvalue weighted by Crippen LogP contribution is 2.46. The van der Waals surface area contributed by atoms with Crippen molar-refractivity contribution in [1.82, 2.24) is 5.32 Å². The fourth-order valence-corrected chi connectivity index (χ4v) is 1.74. The van der Waals surface area contributed by atoms with Crippen molar-refractivity contribution in [1.29, 1.82) is 0 Å². The molecule has 0 heterocycles. The van der Waals surface area contributed by atoms with Gasteiger partial charge < -0.3 is 10.4 Å². The number of hydrogen-bond donors (Lipinski definition) is 2. The molecule has 0 atom stereocenters. The zero-order valence-corrected chi connectivity index (χ0v) is 8.67. The van der Waals surface area contributed by atoms with Crippen molar-refractivity contribution in [3.8, 4) is 0 Å². The molecule has 0 aromatic heterocycles. The van der Waals surface area contributed by atoms with Crippen LogP contribution in [0.5, 0.6) is 0 Å². The van der Waals surface area contributed by atoms with Crippen LogP contribution >= 0.6 is 0 Å². The molecule has 0 unspecified atom stereocenters. The maximum Gasteiger partial charge on any atom is 0.394 e. The summed E-state index contributed by atoms with van der Waals surface area (Å²) in [5.74, 6) is -4.31. The Morgan fingerprint density at radius 3 is 2.41 bits per heavy atom. The number of benzene rings is 1. The van der Waals surface area contributed by atoms with E-state index >= 15 is 0 Å². The van der Waals surface area contributed by atoms with E-state index < -0.39 is 29.0 Å². The predicted octanol–water partition coefficient (Wildman–Crippen LogP) is 1.15. The van der Waals surface area contributed by atoms with Crippen molar-refractivity contribution in [2.45, 2.75) is 18.4 Å². The quantitative estimate of drug-likeness (QED) is 0.763. The number of halogens is 2. The highest BCUT2D eigenvalue weighted by Gasteiger charge is 2.48. The van der Waals surface area contributed by atoms with E-state index in [0.29, 0.717) is 18.9 Å². The summed E-state index contributed by atoms with van der Waals surface area (Å²) in [6.45, 7) is 0. The third-order valence-corrected chi connectivity index (χ3v) is 2.74. The topological polar surface area (TPSA) is 66.4 Å². The lowest BCUT2D eigenvalue weighted by molar-refractivity contribution is -0.150.